The van der Waals surface area contributed by atoms with Gasteiger partial charge in [0.25, 0.3) is 0 Å². The minimum Gasteiger partial charge on any atom is -0.309 e. The number of fused-ring (bicyclic) bond motifs is 6. The van der Waals surface area contributed by atoms with Crippen LogP contribution in [-0.2, 0) is 0 Å². The summed E-state index contributed by atoms with van der Waals surface area (Å²) in [6.45, 7) is 0. The molecule has 0 aliphatic heterocycles. The van der Waals surface area contributed by atoms with Gasteiger partial charge in [0.1, 0.15) is 6.33 Å². The normalized spacial score (nSPS) is 11.5. The van der Waals surface area contributed by atoms with Crippen molar-refractivity contribution >= 4 is 43.6 Å². The highest BCUT2D eigenvalue weighted by Gasteiger charge is 2.17. The maximum atomic E-state index is 5.08. The summed E-state index contributed by atoms with van der Waals surface area (Å²) in [5.74, 6) is 0.707. The van der Waals surface area contributed by atoms with Crippen LogP contribution in [0.1, 0.15) is 0 Å². The molecule has 6 nitrogen and oxygen atoms in total. The number of nitrogens with zero attached hydrogens (tertiary/aromatic N) is 6. The van der Waals surface area contributed by atoms with Gasteiger partial charge in [0.05, 0.1) is 39.1 Å². The Kier molecular flexibility index (Phi) is 8.38. The molecule has 0 N–H and O–H groups in total. The van der Waals surface area contributed by atoms with Crippen molar-refractivity contribution in [3.05, 3.63) is 219 Å². The molecule has 290 valence electrons. The average Bonchev–Trinajstić information content (AvgIpc) is 3.87. The molecule has 0 amide bonds. The van der Waals surface area contributed by atoms with Gasteiger partial charge in [-0.3, -0.25) is 0 Å². The Morgan fingerprint density at radius 1 is 0.306 bits per heavy atom. The topological polar surface area (TPSA) is 61.4 Å². The molecule has 4 aromatic heterocycles. The smallest absolute Gasteiger partial charge is 0.160 e. The van der Waals surface area contributed by atoms with Gasteiger partial charge in [-0.05, 0) is 77.9 Å². The minimum atomic E-state index is 0.707. The maximum absolute atomic E-state index is 5.08. The van der Waals surface area contributed by atoms with Crippen LogP contribution in [-0.4, -0.2) is 29.1 Å². The van der Waals surface area contributed by atoms with E-state index in [1.165, 1.54) is 32.6 Å². The molecule has 62 heavy (non-hydrogen) atoms. The first kappa shape index (κ1) is 35.5. The van der Waals surface area contributed by atoms with Gasteiger partial charge in [0.15, 0.2) is 5.82 Å². The Hall–Kier alpha value is -8.48. The Morgan fingerprint density at radius 2 is 0.790 bits per heavy atom. The number of benzene rings is 8. The summed E-state index contributed by atoms with van der Waals surface area (Å²) in [7, 11) is 0. The Morgan fingerprint density at radius 3 is 1.44 bits per heavy atom. The van der Waals surface area contributed by atoms with Crippen molar-refractivity contribution in [2.45, 2.75) is 0 Å². The molecule has 0 aliphatic rings. The zero-order chi connectivity index (χ0) is 41.0. The summed E-state index contributed by atoms with van der Waals surface area (Å²) in [5.41, 5.74) is 16.0. The predicted molar refractivity (Wildman–Crippen MR) is 253 cm³/mol. The maximum Gasteiger partial charge on any atom is 0.160 e. The van der Waals surface area contributed by atoms with Gasteiger partial charge in [-0.1, -0.05) is 140 Å². The molecule has 0 radical (unpaired) electrons. The van der Waals surface area contributed by atoms with Crippen LogP contribution in [0.5, 0.6) is 0 Å². The molecule has 0 unspecified atom stereocenters. The predicted octanol–water partition coefficient (Wildman–Crippen LogP) is 13.8. The number of hydrogen-bond donors (Lipinski definition) is 0. The van der Waals surface area contributed by atoms with Crippen molar-refractivity contribution in [3.8, 4) is 67.7 Å². The van der Waals surface area contributed by atoms with Gasteiger partial charge >= 0.3 is 0 Å². The summed E-state index contributed by atoms with van der Waals surface area (Å²) in [6, 6.07) is 73.0. The second-order valence-corrected chi connectivity index (χ2v) is 15.6. The zero-order valence-corrected chi connectivity index (χ0v) is 33.5. The van der Waals surface area contributed by atoms with Crippen LogP contribution < -0.4 is 0 Å². The first-order valence-corrected chi connectivity index (χ1v) is 20.8. The van der Waals surface area contributed by atoms with E-state index in [-0.39, 0.29) is 0 Å². The molecule has 8 aromatic carbocycles. The number of hydrogen-bond acceptors (Lipinski definition) is 4. The SMILES string of the molecule is c1ccc(-c2cc(-c3ccc(-n4c5ccccc5c5cc(-c6ccc7c8ccccc8n(-c8ccc(-c9ccncn9)cc8)c7c6)ccc54)cc3)nc(-c3ccccc3)n2)cc1. The van der Waals surface area contributed by atoms with Crippen molar-refractivity contribution in [1.29, 1.82) is 0 Å². The Bertz CT molecular complexity index is 3540. The molecule has 0 fully saturated rings. The molecule has 4 heterocycles. The monoisotopic (exact) mass is 792 g/mol. The van der Waals surface area contributed by atoms with Gasteiger partial charge in [0.2, 0.25) is 0 Å². The van der Waals surface area contributed by atoms with Crippen LogP contribution >= 0.6 is 0 Å². The van der Waals surface area contributed by atoms with Crippen LogP contribution in [0.25, 0.3) is 111 Å². The lowest BCUT2D eigenvalue weighted by Gasteiger charge is -2.12. The molecule has 0 aliphatic carbocycles. The third-order valence-electron chi connectivity index (χ3n) is 11.9. The van der Waals surface area contributed by atoms with Gasteiger partial charge < -0.3 is 9.13 Å². The highest BCUT2D eigenvalue weighted by molar-refractivity contribution is 6.12. The molecule has 12 aromatic rings. The quantitative estimate of drug-likeness (QED) is 0.161. The highest BCUT2D eigenvalue weighted by atomic mass is 15.0. The van der Waals surface area contributed by atoms with E-state index in [1.807, 2.05) is 42.5 Å². The van der Waals surface area contributed by atoms with E-state index in [9.17, 15) is 0 Å². The zero-order valence-electron chi connectivity index (χ0n) is 33.5. The standard InChI is InChI=1S/C56H36N6/c1-3-11-37(12-4-1)50-35-51(60-56(59-50)40-13-5-2-6-14-40)39-21-27-43(28-22-39)61-53-18-10-8-16-46(53)48-33-41(24-30-54(48)61)42-23-29-47-45-15-7-9-17-52(45)62(55(47)34-42)44-25-19-38(20-26-44)49-31-32-57-36-58-49/h1-36H. The third-order valence-corrected chi connectivity index (χ3v) is 11.9. The van der Waals surface area contributed by atoms with E-state index < -0.39 is 0 Å². The van der Waals surface area contributed by atoms with Crippen molar-refractivity contribution < 1.29 is 0 Å². The second kappa shape index (κ2) is 14.7. The second-order valence-electron chi connectivity index (χ2n) is 15.6. The Labute approximate surface area is 357 Å². The van der Waals surface area contributed by atoms with Crippen molar-refractivity contribution in [2.24, 2.45) is 0 Å². The van der Waals surface area contributed by atoms with Crippen LogP contribution in [0.3, 0.4) is 0 Å². The van der Waals surface area contributed by atoms with E-state index in [1.54, 1.807) is 12.5 Å². The molecule has 12 rings (SSSR count). The van der Waals surface area contributed by atoms with Gasteiger partial charge in [-0.2, -0.15) is 0 Å². The molecule has 0 saturated heterocycles. The van der Waals surface area contributed by atoms with Gasteiger partial charge in [-0.25, -0.2) is 19.9 Å². The average molecular weight is 793 g/mol. The lowest BCUT2D eigenvalue weighted by Crippen LogP contribution is -1.97. The van der Waals surface area contributed by atoms with Crippen LogP contribution in [0.15, 0.2) is 219 Å². The van der Waals surface area contributed by atoms with Crippen molar-refractivity contribution in [2.75, 3.05) is 0 Å². The van der Waals surface area contributed by atoms with Crippen molar-refractivity contribution in [1.82, 2.24) is 29.1 Å². The molecular weight excluding hydrogens is 757 g/mol. The first-order valence-electron chi connectivity index (χ1n) is 20.8. The van der Waals surface area contributed by atoms with Crippen LogP contribution in [0.2, 0.25) is 0 Å². The third kappa shape index (κ3) is 6.04. The highest BCUT2D eigenvalue weighted by Crippen LogP contribution is 2.39. The first-order chi connectivity index (χ1) is 30.7. The lowest BCUT2D eigenvalue weighted by atomic mass is 10.0. The van der Waals surface area contributed by atoms with Crippen LogP contribution in [0.4, 0.5) is 0 Å². The van der Waals surface area contributed by atoms with E-state index in [0.29, 0.717) is 5.82 Å². The minimum absolute atomic E-state index is 0.707. The molecule has 0 spiro atoms. The lowest BCUT2D eigenvalue weighted by molar-refractivity contribution is 1.16. The summed E-state index contributed by atoms with van der Waals surface area (Å²) in [5, 5.41) is 4.87. The van der Waals surface area contributed by atoms with Gasteiger partial charge in [0, 0.05) is 61.4 Å². The number of para-hydroxylation sites is 2. The fourth-order valence-corrected chi connectivity index (χ4v) is 8.95. The summed E-state index contributed by atoms with van der Waals surface area (Å²) >= 11 is 0. The summed E-state index contributed by atoms with van der Waals surface area (Å²) < 4.78 is 4.74. The molecule has 0 saturated carbocycles. The number of rotatable bonds is 7. The fourth-order valence-electron chi connectivity index (χ4n) is 8.95. The van der Waals surface area contributed by atoms with Crippen molar-refractivity contribution in [3.63, 3.8) is 0 Å². The van der Waals surface area contributed by atoms with E-state index in [2.05, 4.69) is 183 Å². The Balaban J connectivity index is 0.943. The number of aromatic nitrogens is 6. The van der Waals surface area contributed by atoms with Crippen LogP contribution in [0, 0.1) is 0 Å². The van der Waals surface area contributed by atoms with Gasteiger partial charge in [-0.15, -0.1) is 0 Å². The summed E-state index contributed by atoms with van der Waals surface area (Å²) in [6.07, 6.45) is 3.37. The van der Waals surface area contributed by atoms with E-state index >= 15 is 0 Å². The largest absolute Gasteiger partial charge is 0.309 e. The molecule has 0 bridgehead atoms. The van der Waals surface area contributed by atoms with E-state index in [0.717, 1.165) is 72.8 Å². The molecule has 6 heteroatoms. The molecular formula is C56H36N6. The summed E-state index contributed by atoms with van der Waals surface area (Å²) in [4.78, 5) is 18.6. The van der Waals surface area contributed by atoms with E-state index in [4.69, 9.17) is 9.97 Å². The fraction of sp³-hybridized carbons (Fsp3) is 0. The molecule has 0 atom stereocenters.